The second-order valence-electron chi connectivity index (χ2n) is 7.91. The van der Waals surface area contributed by atoms with Crippen LogP contribution in [-0.2, 0) is 11.3 Å². The number of carbonyl (C=O) groups is 2. The van der Waals surface area contributed by atoms with Gasteiger partial charge < -0.3 is 14.8 Å². The summed E-state index contributed by atoms with van der Waals surface area (Å²) in [4.78, 5) is 27.7. The van der Waals surface area contributed by atoms with Crippen molar-refractivity contribution in [2.75, 3.05) is 26.3 Å². The van der Waals surface area contributed by atoms with Gasteiger partial charge in [0.2, 0.25) is 5.91 Å². The molecule has 2 aliphatic heterocycles. The summed E-state index contributed by atoms with van der Waals surface area (Å²) < 4.78 is 11.1. The fourth-order valence-corrected chi connectivity index (χ4v) is 4.08. The largest absolute Gasteiger partial charge is 0.486 e. The van der Waals surface area contributed by atoms with Gasteiger partial charge in [-0.3, -0.25) is 14.5 Å². The molecule has 2 heterocycles. The van der Waals surface area contributed by atoms with Crippen LogP contribution in [-0.4, -0.2) is 48.9 Å². The lowest BCUT2D eigenvalue weighted by Gasteiger charge is -2.34. The number of hydrogen-bond acceptors (Lipinski definition) is 5. The van der Waals surface area contributed by atoms with E-state index < -0.39 is 0 Å². The second kappa shape index (κ2) is 9.30. The molecule has 4 rings (SSSR count). The van der Waals surface area contributed by atoms with Crippen molar-refractivity contribution >= 4 is 11.7 Å². The average molecular weight is 408 g/mol. The number of ether oxygens (including phenoxy) is 2. The molecule has 1 amide bonds. The van der Waals surface area contributed by atoms with E-state index in [1.54, 1.807) is 6.07 Å². The third-order valence-electron chi connectivity index (χ3n) is 5.96. The van der Waals surface area contributed by atoms with Gasteiger partial charge in [-0.05, 0) is 56.6 Å². The molecule has 2 aromatic carbocycles. The summed E-state index contributed by atoms with van der Waals surface area (Å²) in [6.45, 7) is 4.98. The molecule has 0 unspecified atom stereocenters. The van der Waals surface area contributed by atoms with Crippen LogP contribution in [0, 0.1) is 5.92 Å². The summed E-state index contributed by atoms with van der Waals surface area (Å²) >= 11 is 0. The SMILES string of the molecule is C[C@H](C(=O)NCc1ccccc1)N1CCC(C(=O)c2ccc3c(c2)OCCO3)CC1. The van der Waals surface area contributed by atoms with Gasteiger partial charge in [-0.2, -0.15) is 0 Å². The highest BCUT2D eigenvalue weighted by molar-refractivity contribution is 5.98. The minimum absolute atomic E-state index is 0.0236. The van der Waals surface area contributed by atoms with E-state index >= 15 is 0 Å². The van der Waals surface area contributed by atoms with Crippen molar-refractivity contribution in [1.82, 2.24) is 10.2 Å². The van der Waals surface area contributed by atoms with E-state index in [2.05, 4.69) is 10.2 Å². The van der Waals surface area contributed by atoms with Crippen molar-refractivity contribution in [3.63, 3.8) is 0 Å². The smallest absolute Gasteiger partial charge is 0.237 e. The number of piperidine rings is 1. The number of carbonyl (C=O) groups excluding carboxylic acids is 2. The Morgan fingerprint density at radius 2 is 1.73 bits per heavy atom. The maximum absolute atomic E-state index is 13.0. The number of ketones is 1. The van der Waals surface area contributed by atoms with Crippen LogP contribution in [0.5, 0.6) is 11.5 Å². The first kappa shape index (κ1) is 20.4. The van der Waals surface area contributed by atoms with Crippen LogP contribution in [0.4, 0.5) is 0 Å². The number of hydrogen-bond donors (Lipinski definition) is 1. The number of fused-ring (bicyclic) bond motifs is 1. The fourth-order valence-electron chi connectivity index (χ4n) is 4.08. The van der Waals surface area contributed by atoms with Gasteiger partial charge in [0.05, 0.1) is 6.04 Å². The molecule has 1 atom stereocenters. The van der Waals surface area contributed by atoms with Gasteiger partial charge in [0.25, 0.3) is 0 Å². The van der Waals surface area contributed by atoms with Gasteiger partial charge in [-0.15, -0.1) is 0 Å². The lowest BCUT2D eigenvalue weighted by Crippen LogP contribution is -2.48. The van der Waals surface area contributed by atoms with Crippen LogP contribution < -0.4 is 14.8 Å². The van der Waals surface area contributed by atoms with E-state index in [1.165, 1.54) is 0 Å². The number of benzene rings is 2. The first-order chi connectivity index (χ1) is 14.6. The summed E-state index contributed by atoms with van der Waals surface area (Å²) in [5.41, 5.74) is 1.76. The monoisotopic (exact) mass is 408 g/mol. The highest BCUT2D eigenvalue weighted by Crippen LogP contribution is 2.32. The molecule has 0 spiro atoms. The van der Waals surface area contributed by atoms with Crippen LogP contribution in [0.15, 0.2) is 48.5 Å². The fraction of sp³-hybridized carbons (Fsp3) is 0.417. The molecule has 0 saturated carbocycles. The summed E-state index contributed by atoms with van der Waals surface area (Å²) in [5.74, 6) is 1.49. The molecule has 30 heavy (non-hydrogen) atoms. The van der Waals surface area contributed by atoms with E-state index in [1.807, 2.05) is 49.4 Å². The van der Waals surface area contributed by atoms with Crippen LogP contribution in [0.3, 0.4) is 0 Å². The number of nitrogens with one attached hydrogen (secondary N) is 1. The average Bonchev–Trinajstić information content (AvgIpc) is 2.82. The standard InChI is InChI=1S/C24H28N2O4/c1-17(24(28)25-16-18-5-3-2-4-6-18)26-11-9-19(10-12-26)23(27)20-7-8-21-22(15-20)30-14-13-29-21/h2-8,15,17,19H,9-14,16H2,1H3,(H,25,28)/t17-/m1/s1. The maximum atomic E-state index is 13.0. The van der Waals surface area contributed by atoms with Crippen LogP contribution in [0.25, 0.3) is 0 Å². The van der Waals surface area contributed by atoms with E-state index in [-0.39, 0.29) is 23.7 Å². The summed E-state index contributed by atoms with van der Waals surface area (Å²) in [7, 11) is 0. The Kier molecular flexibility index (Phi) is 6.33. The molecule has 0 aliphatic carbocycles. The molecular weight excluding hydrogens is 380 g/mol. The zero-order valence-corrected chi connectivity index (χ0v) is 17.3. The van der Waals surface area contributed by atoms with Gasteiger partial charge in [-0.1, -0.05) is 30.3 Å². The highest BCUT2D eigenvalue weighted by atomic mass is 16.6. The third-order valence-corrected chi connectivity index (χ3v) is 5.96. The summed E-state index contributed by atoms with van der Waals surface area (Å²) in [5, 5.41) is 3.01. The predicted octanol–water partition coefficient (Wildman–Crippen LogP) is 3.06. The molecule has 1 fully saturated rings. The maximum Gasteiger partial charge on any atom is 0.237 e. The lowest BCUT2D eigenvalue weighted by atomic mass is 9.88. The van der Waals surface area contributed by atoms with Crippen molar-refractivity contribution in [3.05, 3.63) is 59.7 Å². The number of rotatable bonds is 6. The van der Waals surface area contributed by atoms with Crippen molar-refractivity contribution in [1.29, 1.82) is 0 Å². The van der Waals surface area contributed by atoms with Crippen LogP contribution in [0.2, 0.25) is 0 Å². The predicted molar refractivity (Wildman–Crippen MR) is 114 cm³/mol. The zero-order valence-electron chi connectivity index (χ0n) is 17.3. The Bertz CT molecular complexity index is 891. The minimum Gasteiger partial charge on any atom is -0.486 e. The van der Waals surface area contributed by atoms with Crippen molar-refractivity contribution < 1.29 is 19.1 Å². The van der Waals surface area contributed by atoms with Crippen LogP contribution >= 0.6 is 0 Å². The topological polar surface area (TPSA) is 67.9 Å². The Morgan fingerprint density at radius 1 is 1.03 bits per heavy atom. The number of amides is 1. The Morgan fingerprint density at radius 3 is 2.47 bits per heavy atom. The molecule has 2 aliphatic rings. The summed E-state index contributed by atoms with van der Waals surface area (Å²) in [6, 6.07) is 15.1. The normalized spacial score (nSPS) is 17.9. The minimum atomic E-state index is -0.209. The molecule has 2 aromatic rings. The molecule has 1 saturated heterocycles. The van der Waals surface area contributed by atoms with Gasteiger partial charge in [0.15, 0.2) is 17.3 Å². The quantitative estimate of drug-likeness (QED) is 0.744. The number of nitrogens with zero attached hydrogens (tertiary/aromatic N) is 1. The number of likely N-dealkylation sites (tertiary alicyclic amines) is 1. The summed E-state index contributed by atoms with van der Waals surface area (Å²) in [6.07, 6.45) is 1.51. The van der Waals surface area contributed by atoms with Gasteiger partial charge >= 0.3 is 0 Å². The van der Waals surface area contributed by atoms with Crippen LogP contribution in [0.1, 0.15) is 35.7 Å². The molecule has 158 valence electrons. The molecule has 0 aromatic heterocycles. The third kappa shape index (κ3) is 4.65. The molecule has 1 N–H and O–H groups in total. The first-order valence-electron chi connectivity index (χ1n) is 10.6. The zero-order chi connectivity index (χ0) is 20.9. The Balaban J connectivity index is 1.28. The lowest BCUT2D eigenvalue weighted by molar-refractivity contribution is -0.126. The van der Waals surface area contributed by atoms with E-state index in [4.69, 9.17) is 9.47 Å². The first-order valence-corrected chi connectivity index (χ1v) is 10.6. The van der Waals surface area contributed by atoms with Gasteiger partial charge in [0.1, 0.15) is 13.2 Å². The number of Topliss-reactive ketones (excluding diaryl/α,β-unsaturated/α-hetero) is 1. The van der Waals surface area contributed by atoms with E-state index in [0.29, 0.717) is 36.8 Å². The van der Waals surface area contributed by atoms with E-state index in [0.717, 1.165) is 31.5 Å². The van der Waals surface area contributed by atoms with Crippen molar-refractivity contribution in [2.24, 2.45) is 5.92 Å². The molecule has 0 radical (unpaired) electrons. The molecular formula is C24H28N2O4. The molecule has 0 bridgehead atoms. The van der Waals surface area contributed by atoms with Crippen molar-refractivity contribution in [3.8, 4) is 11.5 Å². The Labute approximate surface area is 177 Å². The second-order valence-corrected chi connectivity index (χ2v) is 7.91. The molecule has 6 heteroatoms. The van der Waals surface area contributed by atoms with Gasteiger partial charge in [-0.25, -0.2) is 0 Å². The van der Waals surface area contributed by atoms with E-state index in [9.17, 15) is 9.59 Å². The molecule has 6 nitrogen and oxygen atoms in total. The Hall–Kier alpha value is -2.86. The van der Waals surface area contributed by atoms with Gasteiger partial charge in [0, 0.05) is 18.0 Å². The highest BCUT2D eigenvalue weighted by Gasteiger charge is 2.30. The van der Waals surface area contributed by atoms with Crippen molar-refractivity contribution in [2.45, 2.75) is 32.4 Å².